The van der Waals surface area contributed by atoms with Crippen LogP contribution in [0.1, 0.15) is 66.5 Å². The molecule has 4 rings (SSSR count). The van der Waals surface area contributed by atoms with E-state index in [2.05, 4.69) is 67.7 Å². The van der Waals surface area contributed by atoms with Crippen LogP contribution in [-0.2, 0) is 19.1 Å². The van der Waals surface area contributed by atoms with Gasteiger partial charge in [-0.3, -0.25) is 9.59 Å². The zero-order valence-electron chi connectivity index (χ0n) is 26.6. The van der Waals surface area contributed by atoms with E-state index < -0.39 is 34.0 Å². The fourth-order valence-electron chi connectivity index (χ4n) is 4.17. The molecule has 0 radical (unpaired) electrons. The highest BCUT2D eigenvalue weighted by Crippen LogP contribution is 2.47. The number of carbonyl (C=O) groups excluding carboxylic acids is 2. The smallest absolute Gasteiger partial charge is 0.250 e. The van der Waals surface area contributed by atoms with E-state index in [0.717, 1.165) is 11.5 Å². The van der Waals surface area contributed by atoms with Gasteiger partial charge in [0.2, 0.25) is 34.0 Å². The zero-order chi connectivity index (χ0) is 30.8. The van der Waals surface area contributed by atoms with Crippen molar-refractivity contribution in [3.63, 3.8) is 0 Å². The molecule has 41 heavy (non-hydrogen) atoms. The summed E-state index contributed by atoms with van der Waals surface area (Å²) in [5.41, 5.74) is 1.57. The Hall–Kier alpha value is -3.11. The van der Waals surface area contributed by atoms with Crippen LogP contribution < -0.4 is 8.85 Å². The summed E-state index contributed by atoms with van der Waals surface area (Å²) in [6, 6.07) is 14.6. The van der Waals surface area contributed by atoms with Gasteiger partial charge < -0.3 is 18.3 Å². The molecule has 220 valence electrons. The summed E-state index contributed by atoms with van der Waals surface area (Å²) in [6.45, 7) is 25.4. The number of rotatable bonds is 6. The van der Waals surface area contributed by atoms with Gasteiger partial charge in [-0.1, -0.05) is 65.8 Å². The fourth-order valence-corrected chi connectivity index (χ4v) is 6.23. The number of ketones is 2. The third-order valence-electron chi connectivity index (χ3n) is 8.66. The van der Waals surface area contributed by atoms with E-state index in [9.17, 15) is 9.59 Å². The maximum Gasteiger partial charge on any atom is 0.250 e. The van der Waals surface area contributed by atoms with E-state index in [0.29, 0.717) is 11.1 Å². The van der Waals surface area contributed by atoms with Crippen molar-refractivity contribution < 1.29 is 27.9 Å². The molecule has 0 saturated carbocycles. The number of hydrogen-bond donors (Lipinski definition) is 0. The fraction of sp³-hybridized carbons (Fsp3) is 0.455. The van der Waals surface area contributed by atoms with Crippen LogP contribution in [0.3, 0.4) is 0 Å². The van der Waals surface area contributed by atoms with E-state index in [-0.39, 0.29) is 32.7 Å². The topological polar surface area (TPSA) is 71.1 Å². The number of fused-ring (bicyclic) bond motifs is 1. The summed E-state index contributed by atoms with van der Waals surface area (Å²) < 4.78 is 25.1. The number of ether oxygens (including phenoxy) is 2. The number of hydrogen-bond acceptors (Lipinski definition) is 6. The van der Waals surface area contributed by atoms with Gasteiger partial charge in [-0.2, -0.15) is 0 Å². The van der Waals surface area contributed by atoms with Gasteiger partial charge in [0.15, 0.2) is 11.5 Å². The standard InChI is InChI=1S/C33H44O6Si2/c1-31(2,3)40(9,10)38-23-17-13-21(14-18-23)25-27(34)28(35)26(30-29(25)36-33(7,8)37-30)22-15-19-24(20-16-22)39-41(11,12)32(4,5)6/h13-20H,1-12H3. The van der Waals surface area contributed by atoms with Crippen LogP contribution in [-0.4, -0.2) is 34.0 Å². The molecule has 2 aromatic rings. The van der Waals surface area contributed by atoms with Gasteiger partial charge in [-0.05, 0) is 71.7 Å². The molecule has 0 amide bonds. The van der Waals surface area contributed by atoms with Gasteiger partial charge in [-0.25, -0.2) is 0 Å². The van der Waals surface area contributed by atoms with E-state index in [4.69, 9.17) is 18.3 Å². The molecule has 1 fully saturated rings. The van der Waals surface area contributed by atoms with Crippen molar-refractivity contribution in [2.75, 3.05) is 0 Å². The molecule has 8 heteroatoms. The average Bonchev–Trinajstić information content (AvgIpc) is 3.14. The first-order valence-electron chi connectivity index (χ1n) is 14.2. The Bertz CT molecular complexity index is 1320. The molecule has 2 aromatic carbocycles. The van der Waals surface area contributed by atoms with E-state index >= 15 is 0 Å². The van der Waals surface area contributed by atoms with Gasteiger partial charge in [-0.15, -0.1) is 0 Å². The van der Waals surface area contributed by atoms with Crippen molar-refractivity contribution in [2.24, 2.45) is 0 Å². The van der Waals surface area contributed by atoms with Crippen molar-refractivity contribution in [3.05, 3.63) is 71.2 Å². The number of allylic oxidation sites excluding steroid dienone is 2. The second kappa shape index (κ2) is 10.0. The van der Waals surface area contributed by atoms with Crippen molar-refractivity contribution >= 4 is 39.3 Å². The number of benzene rings is 2. The highest BCUT2D eigenvalue weighted by molar-refractivity contribution is 6.75. The molecule has 1 aliphatic heterocycles. The number of carbonyl (C=O) groups is 2. The minimum absolute atomic E-state index is 0.0494. The lowest BCUT2D eigenvalue weighted by atomic mass is 9.85. The van der Waals surface area contributed by atoms with Crippen molar-refractivity contribution in [2.45, 2.75) is 97.4 Å². The third kappa shape index (κ3) is 5.95. The highest BCUT2D eigenvalue weighted by atomic mass is 28.4. The zero-order valence-corrected chi connectivity index (χ0v) is 28.6. The maximum atomic E-state index is 13.7. The SMILES string of the molecule is CC1(C)OC2=C(c3ccc(O[Si](C)(C)C(C)(C)C)cc3)C(=O)C(=O)C(c3ccc(O[Si](C)(C)C(C)(C)C)cc3)=C2O1. The molecule has 0 aromatic heterocycles. The van der Waals surface area contributed by atoms with Crippen LogP contribution in [0.25, 0.3) is 11.1 Å². The van der Waals surface area contributed by atoms with Crippen molar-refractivity contribution in [3.8, 4) is 11.5 Å². The molecule has 6 nitrogen and oxygen atoms in total. The van der Waals surface area contributed by atoms with E-state index in [1.807, 2.05) is 24.3 Å². The van der Waals surface area contributed by atoms with Crippen molar-refractivity contribution in [1.29, 1.82) is 0 Å². The Labute approximate surface area is 247 Å². The summed E-state index contributed by atoms with van der Waals surface area (Å²) in [6.07, 6.45) is 0. The predicted octanol–water partition coefficient (Wildman–Crippen LogP) is 8.51. The summed E-state index contributed by atoms with van der Waals surface area (Å²) in [5, 5.41) is 0.0988. The Kier molecular flexibility index (Phi) is 7.53. The summed E-state index contributed by atoms with van der Waals surface area (Å²) in [4.78, 5) is 27.3. The first kappa shape index (κ1) is 30.8. The quantitative estimate of drug-likeness (QED) is 0.190. The first-order chi connectivity index (χ1) is 18.6. The Morgan fingerprint density at radius 2 is 0.878 bits per heavy atom. The molecule has 0 unspecified atom stereocenters. The molecule has 0 atom stereocenters. The third-order valence-corrected chi connectivity index (χ3v) is 17.4. The minimum Gasteiger partial charge on any atom is -0.544 e. The summed E-state index contributed by atoms with van der Waals surface area (Å²) in [7, 11) is -4.07. The van der Waals surface area contributed by atoms with Gasteiger partial charge >= 0.3 is 0 Å². The Morgan fingerprint density at radius 3 is 1.15 bits per heavy atom. The maximum absolute atomic E-state index is 13.7. The van der Waals surface area contributed by atoms with Crippen LogP contribution in [0.5, 0.6) is 11.5 Å². The molecule has 1 aliphatic carbocycles. The molecular weight excluding hydrogens is 549 g/mol. The monoisotopic (exact) mass is 592 g/mol. The lowest BCUT2D eigenvalue weighted by molar-refractivity contribution is -0.130. The minimum atomic E-state index is -2.03. The molecule has 0 N–H and O–H groups in total. The van der Waals surface area contributed by atoms with Gasteiger partial charge in [0.05, 0.1) is 11.1 Å². The average molecular weight is 593 g/mol. The predicted molar refractivity (Wildman–Crippen MR) is 169 cm³/mol. The summed E-state index contributed by atoms with van der Waals surface area (Å²) in [5.74, 6) is -0.243. The number of Topliss-reactive ketones (excluding diaryl/α,β-unsaturated/α-hetero) is 2. The molecular formula is C33H44O6Si2. The molecule has 0 spiro atoms. The molecule has 1 heterocycles. The second-order valence-corrected chi connectivity index (χ2v) is 23.9. The van der Waals surface area contributed by atoms with E-state index in [1.54, 1.807) is 38.1 Å². The Morgan fingerprint density at radius 1 is 0.585 bits per heavy atom. The molecule has 0 bridgehead atoms. The lowest BCUT2D eigenvalue weighted by Gasteiger charge is -2.36. The lowest BCUT2D eigenvalue weighted by Crippen LogP contribution is -2.43. The van der Waals surface area contributed by atoms with Crippen LogP contribution in [0, 0.1) is 0 Å². The molecule has 2 aliphatic rings. The van der Waals surface area contributed by atoms with Crippen LogP contribution in [0.2, 0.25) is 36.3 Å². The second-order valence-electron chi connectivity index (χ2n) is 14.4. The van der Waals surface area contributed by atoms with Gasteiger partial charge in [0, 0.05) is 13.8 Å². The first-order valence-corrected chi connectivity index (χ1v) is 20.0. The van der Waals surface area contributed by atoms with Crippen molar-refractivity contribution in [1.82, 2.24) is 0 Å². The normalized spacial score (nSPS) is 17.8. The largest absolute Gasteiger partial charge is 0.544 e. The van der Waals surface area contributed by atoms with Crippen LogP contribution >= 0.6 is 0 Å². The highest BCUT2D eigenvalue weighted by Gasteiger charge is 2.47. The van der Waals surface area contributed by atoms with Crippen LogP contribution in [0.15, 0.2) is 60.0 Å². The van der Waals surface area contributed by atoms with Gasteiger partial charge in [0.1, 0.15) is 11.5 Å². The Balaban J connectivity index is 1.74. The van der Waals surface area contributed by atoms with Crippen LogP contribution in [0.4, 0.5) is 0 Å². The molecule has 1 saturated heterocycles. The van der Waals surface area contributed by atoms with Gasteiger partial charge in [0.25, 0.3) is 0 Å². The van der Waals surface area contributed by atoms with E-state index in [1.165, 1.54) is 0 Å². The summed E-state index contributed by atoms with van der Waals surface area (Å²) >= 11 is 0.